The van der Waals surface area contributed by atoms with Crippen LogP contribution in [-0.2, 0) is 6.54 Å². The van der Waals surface area contributed by atoms with Crippen LogP contribution in [0.3, 0.4) is 0 Å². The van der Waals surface area contributed by atoms with Crippen molar-refractivity contribution in [2.75, 3.05) is 0 Å². The van der Waals surface area contributed by atoms with Crippen LogP contribution in [0.2, 0.25) is 0 Å². The normalized spacial score (nSPS) is 11.3. The van der Waals surface area contributed by atoms with Crippen LogP contribution < -0.4 is 5.32 Å². The molecule has 0 aliphatic carbocycles. The number of nitrogens with one attached hydrogen (secondary N) is 2. The molecule has 0 aliphatic heterocycles. The number of amides is 1. The van der Waals surface area contributed by atoms with Gasteiger partial charge < -0.3 is 10.3 Å². The van der Waals surface area contributed by atoms with Crippen LogP contribution in [-0.4, -0.2) is 21.4 Å². The maximum atomic E-state index is 12.2. The maximum absolute atomic E-state index is 12.2. The Hall–Kier alpha value is -1.96. The number of alkyl halides is 3. The molecule has 0 fully saturated rings. The van der Waals surface area contributed by atoms with Gasteiger partial charge in [0.25, 0.3) is 5.91 Å². The minimum absolute atomic E-state index is 0.0441. The number of aromatic nitrogens is 2. The van der Waals surface area contributed by atoms with Crippen molar-refractivity contribution in [2.24, 2.45) is 0 Å². The van der Waals surface area contributed by atoms with E-state index in [4.69, 9.17) is 0 Å². The number of nitrogens with zero attached hydrogens (tertiary/aromatic N) is 1. The summed E-state index contributed by atoms with van der Waals surface area (Å²) in [6.07, 6.45) is 3.06. The topological polar surface area (TPSA) is 57.8 Å². The molecule has 0 saturated carbocycles. The average molecular weight is 301 g/mol. The van der Waals surface area contributed by atoms with Crippen molar-refractivity contribution in [3.8, 4) is 0 Å². The number of hydrogen-bond donors (Lipinski definition) is 2. The molecular formula is C12H10F3N3OS. The second-order valence-electron chi connectivity index (χ2n) is 3.83. The Bertz CT molecular complexity index is 567. The van der Waals surface area contributed by atoms with Crippen LogP contribution in [0.25, 0.3) is 0 Å². The second-order valence-corrected chi connectivity index (χ2v) is 4.97. The van der Waals surface area contributed by atoms with E-state index in [2.05, 4.69) is 15.3 Å². The van der Waals surface area contributed by atoms with E-state index in [0.717, 1.165) is 5.69 Å². The molecule has 1 aromatic heterocycles. The summed E-state index contributed by atoms with van der Waals surface area (Å²) in [6.45, 7) is 0.276. The number of imidazole rings is 1. The van der Waals surface area contributed by atoms with Gasteiger partial charge >= 0.3 is 5.51 Å². The number of rotatable bonds is 4. The average Bonchev–Trinajstić information content (AvgIpc) is 2.88. The number of aromatic amines is 1. The standard InChI is InChI=1S/C12H10F3N3OS/c13-12(14,15)20-10-3-1-8(2-4-10)11(19)17-6-9-5-16-7-18-9/h1-5,7H,6H2,(H,16,18)(H,17,19). The number of benzene rings is 1. The van der Waals surface area contributed by atoms with Gasteiger partial charge in [-0.1, -0.05) is 0 Å². The quantitative estimate of drug-likeness (QED) is 0.854. The van der Waals surface area contributed by atoms with E-state index in [1.54, 1.807) is 6.20 Å². The Labute approximate surface area is 116 Å². The van der Waals surface area contributed by atoms with Gasteiger partial charge in [0, 0.05) is 16.7 Å². The Morgan fingerprint density at radius 1 is 1.30 bits per heavy atom. The van der Waals surface area contributed by atoms with Crippen LogP contribution in [0.5, 0.6) is 0 Å². The van der Waals surface area contributed by atoms with Gasteiger partial charge in [-0.05, 0) is 36.0 Å². The van der Waals surface area contributed by atoms with E-state index in [9.17, 15) is 18.0 Å². The molecule has 0 unspecified atom stereocenters. The minimum atomic E-state index is -4.33. The predicted octanol–water partition coefficient (Wildman–Crippen LogP) is 2.95. The SMILES string of the molecule is O=C(NCc1cnc[nH]1)c1ccc(SC(F)(F)F)cc1. The number of carbonyl (C=O) groups is 1. The third-order valence-electron chi connectivity index (χ3n) is 2.34. The van der Waals surface area contributed by atoms with Crippen molar-refractivity contribution in [3.63, 3.8) is 0 Å². The number of halogens is 3. The lowest BCUT2D eigenvalue weighted by molar-refractivity contribution is -0.0328. The minimum Gasteiger partial charge on any atom is -0.347 e. The molecule has 2 aromatic rings. The maximum Gasteiger partial charge on any atom is 0.446 e. The molecule has 4 nitrogen and oxygen atoms in total. The molecule has 106 valence electrons. The molecular weight excluding hydrogens is 291 g/mol. The summed E-state index contributed by atoms with van der Waals surface area (Å²) in [4.78, 5) is 18.4. The molecule has 2 N–H and O–H groups in total. The van der Waals surface area contributed by atoms with Gasteiger partial charge in [0.2, 0.25) is 0 Å². The summed E-state index contributed by atoms with van der Waals surface area (Å²) in [7, 11) is 0. The van der Waals surface area contributed by atoms with Gasteiger partial charge in [0.15, 0.2) is 0 Å². The Balaban J connectivity index is 1.93. The number of H-pyrrole nitrogens is 1. The number of thioether (sulfide) groups is 1. The van der Waals surface area contributed by atoms with Crippen molar-refractivity contribution in [1.82, 2.24) is 15.3 Å². The summed E-state index contributed by atoms with van der Waals surface area (Å²) in [5.41, 5.74) is -3.29. The highest BCUT2D eigenvalue weighted by Crippen LogP contribution is 2.36. The zero-order chi connectivity index (χ0) is 14.6. The van der Waals surface area contributed by atoms with Crippen molar-refractivity contribution >= 4 is 17.7 Å². The molecule has 0 saturated heterocycles. The van der Waals surface area contributed by atoms with E-state index in [1.807, 2.05) is 0 Å². The van der Waals surface area contributed by atoms with E-state index < -0.39 is 5.51 Å². The van der Waals surface area contributed by atoms with E-state index in [-0.39, 0.29) is 29.1 Å². The van der Waals surface area contributed by atoms with E-state index in [1.165, 1.54) is 30.6 Å². The molecule has 1 aromatic carbocycles. The molecule has 0 aliphatic rings. The molecule has 1 heterocycles. The second kappa shape index (κ2) is 6.00. The zero-order valence-electron chi connectivity index (χ0n) is 10.1. The highest BCUT2D eigenvalue weighted by atomic mass is 32.2. The van der Waals surface area contributed by atoms with Gasteiger partial charge in [-0.2, -0.15) is 13.2 Å². The molecule has 1 amide bonds. The zero-order valence-corrected chi connectivity index (χ0v) is 10.9. The first-order valence-corrected chi connectivity index (χ1v) is 6.37. The monoisotopic (exact) mass is 301 g/mol. The smallest absolute Gasteiger partial charge is 0.347 e. The fourth-order valence-electron chi connectivity index (χ4n) is 1.47. The molecule has 2 rings (SSSR count). The summed E-state index contributed by atoms with van der Waals surface area (Å²) in [5.74, 6) is -0.358. The van der Waals surface area contributed by atoms with Gasteiger partial charge in [0.05, 0.1) is 18.6 Å². The van der Waals surface area contributed by atoms with Gasteiger partial charge in [0.1, 0.15) is 0 Å². The van der Waals surface area contributed by atoms with Crippen molar-refractivity contribution in [1.29, 1.82) is 0 Å². The lowest BCUT2D eigenvalue weighted by atomic mass is 10.2. The summed E-state index contributed by atoms with van der Waals surface area (Å²) >= 11 is -0.212. The van der Waals surface area contributed by atoms with Crippen LogP contribution in [0.1, 0.15) is 16.1 Å². The fraction of sp³-hybridized carbons (Fsp3) is 0.167. The Kier molecular flexibility index (Phi) is 4.33. The predicted molar refractivity (Wildman–Crippen MR) is 68.1 cm³/mol. The van der Waals surface area contributed by atoms with Gasteiger partial charge in [-0.25, -0.2) is 4.98 Å². The molecule has 0 spiro atoms. The Morgan fingerprint density at radius 2 is 2.00 bits per heavy atom. The van der Waals surface area contributed by atoms with Crippen LogP contribution >= 0.6 is 11.8 Å². The van der Waals surface area contributed by atoms with Crippen LogP contribution in [0.4, 0.5) is 13.2 Å². The third kappa shape index (κ3) is 4.30. The first-order chi connectivity index (χ1) is 9.44. The summed E-state index contributed by atoms with van der Waals surface area (Å²) in [6, 6.07) is 5.25. The summed E-state index contributed by atoms with van der Waals surface area (Å²) < 4.78 is 36.5. The fourth-order valence-corrected chi connectivity index (χ4v) is 2.01. The highest BCUT2D eigenvalue weighted by molar-refractivity contribution is 8.00. The van der Waals surface area contributed by atoms with E-state index in [0.29, 0.717) is 5.56 Å². The third-order valence-corrected chi connectivity index (χ3v) is 3.08. The van der Waals surface area contributed by atoms with E-state index >= 15 is 0 Å². The Morgan fingerprint density at radius 3 is 2.55 bits per heavy atom. The molecule has 0 radical (unpaired) electrons. The lowest BCUT2D eigenvalue weighted by Crippen LogP contribution is -2.22. The van der Waals surface area contributed by atoms with Crippen LogP contribution in [0.15, 0.2) is 41.7 Å². The molecule has 20 heavy (non-hydrogen) atoms. The van der Waals surface area contributed by atoms with Crippen LogP contribution in [0, 0.1) is 0 Å². The van der Waals surface area contributed by atoms with Crippen molar-refractivity contribution in [2.45, 2.75) is 16.9 Å². The number of carbonyl (C=O) groups excluding carboxylic acids is 1. The van der Waals surface area contributed by atoms with Crippen molar-refractivity contribution in [3.05, 3.63) is 48.0 Å². The molecule has 0 atom stereocenters. The lowest BCUT2D eigenvalue weighted by Gasteiger charge is -2.07. The van der Waals surface area contributed by atoms with Gasteiger partial charge in [-0.3, -0.25) is 4.79 Å². The molecule has 0 bridgehead atoms. The van der Waals surface area contributed by atoms with Gasteiger partial charge in [-0.15, -0.1) is 0 Å². The first-order valence-electron chi connectivity index (χ1n) is 5.55. The largest absolute Gasteiger partial charge is 0.446 e. The number of hydrogen-bond acceptors (Lipinski definition) is 3. The molecule has 8 heteroatoms. The van der Waals surface area contributed by atoms with Crippen molar-refractivity contribution < 1.29 is 18.0 Å². The first kappa shape index (κ1) is 14.4. The summed E-state index contributed by atoms with van der Waals surface area (Å²) in [5, 5.41) is 2.63. The highest BCUT2D eigenvalue weighted by Gasteiger charge is 2.29.